The number of esters is 1. The van der Waals surface area contributed by atoms with Gasteiger partial charge in [0.25, 0.3) is 5.91 Å². The van der Waals surface area contributed by atoms with E-state index < -0.39 is 30.2 Å². The highest BCUT2D eigenvalue weighted by molar-refractivity contribution is 6.34. The molecule has 1 aromatic heterocycles. The Morgan fingerprint density at radius 1 is 1.11 bits per heavy atom. The van der Waals surface area contributed by atoms with E-state index in [1.807, 2.05) is 0 Å². The highest BCUT2D eigenvalue weighted by atomic mass is 35.5. The maximum Gasteiger partial charge on any atom is 0.416 e. The van der Waals surface area contributed by atoms with Crippen molar-refractivity contribution < 1.29 is 27.5 Å². The van der Waals surface area contributed by atoms with Gasteiger partial charge >= 0.3 is 12.1 Å². The number of halogens is 5. The Bertz CT molecular complexity index is 858. The van der Waals surface area contributed by atoms with Gasteiger partial charge in [-0.25, -0.2) is 4.98 Å². The summed E-state index contributed by atoms with van der Waals surface area (Å²) in [5.41, 5.74) is -0.617. The van der Waals surface area contributed by atoms with Crippen LogP contribution in [0.1, 0.15) is 28.5 Å². The quantitative estimate of drug-likeness (QED) is 0.491. The van der Waals surface area contributed by atoms with E-state index in [-0.39, 0.29) is 29.0 Å². The molecule has 0 aliphatic rings. The average Bonchev–Trinajstić information content (AvgIpc) is 2.62. The van der Waals surface area contributed by atoms with Gasteiger partial charge in [-0.3, -0.25) is 9.59 Å². The Balaban J connectivity index is 2.30. The van der Waals surface area contributed by atoms with Crippen molar-refractivity contribution in [1.29, 1.82) is 0 Å². The van der Waals surface area contributed by atoms with E-state index in [9.17, 15) is 22.8 Å². The molecule has 0 saturated heterocycles. The number of rotatable bonds is 6. The standard InChI is InChI=1S/C18H15Cl2F3N2O3/c1-2-28-15(26)10-25(17(27)16-13(19)7-8-14(20)24-16)9-11-3-5-12(6-4-11)18(21,22)23/h3-8H,2,9-10H2,1H3. The molecule has 1 amide bonds. The number of hydrogen-bond donors (Lipinski definition) is 0. The van der Waals surface area contributed by atoms with Crippen molar-refractivity contribution >= 4 is 35.1 Å². The highest BCUT2D eigenvalue weighted by Gasteiger charge is 2.30. The minimum Gasteiger partial charge on any atom is -0.465 e. The molecule has 0 spiro atoms. The van der Waals surface area contributed by atoms with Gasteiger partial charge in [0.2, 0.25) is 0 Å². The monoisotopic (exact) mass is 434 g/mol. The van der Waals surface area contributed by atoms with Gasteiger partial charge in [-0.2, -0.15) is 13.2 Å². The number of amides is 1. The number of nitrogens with zero attached hydrogens (tertiary/aromatic N) is 2. The van der Waals surface area contributed by atoms with Gasteiger partial charge in [-0.15, -0.1) is 0 Å². The molecule has 0 unspecified atom stereocenters. The zero-order valence-electron chi connectivity index (χ0n) is 14.6. The molecule has 0 atom stereocenters. The van der Waals surface area contributed by atoms with Gasteiger partial charge in [0.05, 0.1) is 17.2 Å². The summed E-state index contributed by atoms with van der Waals surface area (Å²) in [5, 5.41) is 0.0500. The van der Waals surface area contributed by atoms with Crippen molar-refractivity contribution in [3.8, 4) is 0 Å². The first-order valence-corrected chi connectivity index (χ1v) is 8.80. The summed E-state index contributed by atoms with van der Waals surface area (Å²) in [4.78, 5) is 29.6. The van der Waals surface area contributed by atoms with Crippen LogP contribution in [0.3, 0.4) is 0 Å². The van der Waals surface area contributed by atoms with Crippen LogP contribution < -0.4 is 0 Å². The molecule has 0 aliphatic heterocycles. The van der Waals surface area contributed by atoms with E-state index in [4.69, 9.17) is 27.9 Å². The van der Waals surface area contributed by atoms with E-state index in [0.29, 0.717) is 5.56 Å². The van der Waals surface area contributed by atoms with Crippen LogP contribution in [0, 0.1) is 0 Å². The fourth-order valence-electron chi connectivity index (χ4n) is 2.30. The van der Waals surface area contributed by atoms with Gasteiger partial charge in [-0.1, -0.05) is 35.3 Å². The zero-order chi connectivity index (χ0) is 20.9. The van der Waals surface area contributed by atoms with Crippen LogP contribution >= 0.6 is 23.2 Å². The second-order valence-corrected chi connectivity index (χ2v) is 6.42. The summed E-state index contributed by atoms with van der Waals surface area (Å²) >= 11 is 11.8. The molecule has 10 heteroatoms. The minimum absolute atomic E-state index is 0.0238. The van der Waals surface area contributed by atoms with Crippen molar-refractivity contribution in [2.24, 2.45) is 0 Å². The predicted octanol–water partition coefficient (Wildman–Crippen LogP) is 4.61. The fraction of sp³-hybridized carbons (Fsp3) is 0.278. The Morgan fingerprint density at radius 2 is 1.75 bits per heavy atom. The molecule has 0 radical (unpaired) electrons. The van der Waals surface area contributed by atoms with Crippen LogP contribution in [0.4, 0.5) is 13.2 Å². The molecule has 0 aliphatic carbocycles. The van der Waals surface area contributed by atoms with Gasteiger partial charge in [0.15, 0.2) is 0 Å². The summed E-state index contributed by atoms with van der Waals surface area (Å²) in [6.07, 6.45) is -4.47. The molecule has 0 saturated carbocycles. The molecule has 5 nitrogen and oxygen atoms in total. The van der Waals surface area contributed by atoms with E-state index in [0.717, 1.165) is 17.0 Å². The maximum absolute atomic E-state index is 12.8. The largest absolute Gasteiger partial charge is 0.465 e. The Hall–Kier alpha value is -2.32. The lowest BCUT2D eigenvalue weighted by Gasteiger charge is -2.22. The smallest absolute Gasteiger partial charge is 0.416 e. The lowest BCUT2D eigenvalue weighted by Crippen LogP contribution is -2.36. The molecule has 2 rings (SSSR count). The number of carbonyl (C=O) groups is 2. The SMILES string of the molecule is CCOC(=O)CN(Cc1ccc(C(F)(F)F)cc1)C(=O)c1nc(Cl)ccc1Cl. The first-order valence-electron chi connectivity index (χ1n) is 8.05. The van der Waals surface area contributed by atoms with Gasteiger partial charge in [0, 0.05) is 6.54 Å². The number of hydrogen-bond acceptors (Lipinski definition) is 4. The van der Waals surface area contributed by atoms with E-state index in [2.05, 4.69) is 4.98 Å². The minimum atomic E-state index is -4.47. The highest BCUT2D eigenvalue weighted by Crippen LogP contribution is 2.29. The number of pyridine rings is 1. The molecule has 1 aromatic carbocycles. The maximum atomic E-state index is 12.8. The first-order chi connectivity index (χ1) is 13.1. The lowest BCUT2D eigenvalue weighted by atomic mass is 10.1. The Kier molecular flexibility index (Phi) is 7.26. The number of alkyl halides is 3. The third kappa shape index (κ3) is 5.84. The molecular formula is C18H15Cl2F3N2O3. The molecule has 150 valence electrons. The second-order valence-electron chi connectivity index (χ2n) is 5.63. The van der Waals surface area contributed by atoms with Crippen LogP contribution in [-0.2, 0) is 22.3 Å². The molecule has 0 N–H and O–H groups in total. The molecule has 1 heterocycles. The normalized spacial score (nSPS) is 11.2. The lowest BCUT2D eigenvalue weighted by molar-refractivity contribution is -0.144. The van der Waals surface area contributed by atoms with Crippen molar-refractivity contribution in [3.63, 3.8) is 0 Å². The average molecular weight is 435 g/mol. The van der Waals surface area contributed by atoms with Crippen molar-refractivity contribution in [1.82, 2.24) is 9.88 Å². The van der Waals surface area contributed by atoms with Crippen molar-refractivity contribution in [3.05, 3.63) is 63.4 Å². The van der Waals surface area contributed by atoms with Gasteiger partial charge in [-0.05, 0) is 36.8 Å². The van der Waals surface area contributed by atoms with Crippen LogP contribution in [0.15, 0.2) is 36.4 Å². The number of benzene rings is 1. The third-order valence-corrected chi connectivity index (χ3v) is 4.10. The molecular weight excluding hydrogens is 420 g/mol. The molecule has 0 bridgehead atoms. The van der Waals surface area contributed by atoms with E-state index in [1.165, 1.54) is 24.3 Å². The first kappa shape index (κ1) is 22.0. The van der Waals surface area contributed by atoms with Crippen molar-refractivity contribution in [2.45, 2.75) is 19.6 Å². The van der Waals surface area contributed by atoms with Crippen LogP contribution in [0.5, 0.6) is 0 Å². The second kappa shape index (κ2) is 9.25. The van der Waals surface area contributed by atoms with E-state index >= 15 is 0 Å². The van der Waals surface area contributed by atoms with Gasteiger partial charge < -0.3 is 9.64 Å². The van der Waals surface area contributed by atoms with Crippen LogP contribution in [0.2, 0.25) is 10.2 Å². The van der Waals surface area contributed by atoms with Crippen LogP contribution in [-0.4, -0.2) is 34.9 Å². The molecule has 0 fully saturated rings. The van der Waals surface area contributed by atoms with Gasteiger partial charge in [0.1, 0.15) is 17.4 Å². The van der Waals surface area contributed by atoms with Crippen LogP contribution in [0.25, 0.3) is 0 Å². The summed E-state index contributed by atoms with van der Waals surface area (Å²) in [6.45, 7) is 1.13. The third-order valence-electron chi connectivity index (χ3n) is 3.58. The number of carbonyl (C=O) groups excluding carboxylic acids is 2. The topological polar surface area (TPSA) is 59.5 Å². The zero-order valence-corrected chi connectivity index (χ0v) is 16.1. The fourth-order valence-corrected chi connectivity index (χ4v) is 2.63. The summed E-state index contributed by atoms with van der Waals surface area (Å²) < 4.78 is 43.0. The van der Waals surface area contributed by atoms with Crippen molar-refractivity contribution in [2.75, 3.05) is 13.2 Å². The summed E-state index contributed by atoms with van der Waals surface area (Å²) in [6, 6.07) is 7.01. The predicted molar refractivity (Wildman–Crippen MR) is 97.1 cm³/mol. The summed E-state index contributed by atoms with van der Waals surface area (Å²) in [7, 11) is 0. The summed E-state index contributed by atoms with van der Waals surface area (Å²) in [5.74, 6) is -1.39. The Morgan fingerprint density at radius 3 is 2.32 bits per heavy atom. The Labute approximate surface area is 169 Å². The van der Waals surface area contributed by atoms with E-state index in [1.54, 1.807) is 6.92 Å². The number of ether oxygens (including phenoxy) is 1. The number of aromatic nitrogens is 1. The molecule has 28 heavy (non-hydrogen) atoms. The molecule has 2 aromatic rings.